The maximum absolute atomic E-state index is 13.8. The summed E-state index contributed by atoms with van der Waals surface area (Å²) in [5.74, 6) is -0.386. The average molecular weight is 788 g/mol. The molecule has 3 aromatic heterocycles. The molecular formula is C39H57N13O5. The number of amides is 3. The molecule has 0 fully saturated rings. The van der Waals surface area contributed by atoms with E-state index in [1.54, 1.807) is 39.7 Å². The number of nitrogens with zero attached hydrogens (tertiary/aromatic N) is 8. The van der Waals surface area contributed by atoms with Crippen LogP contribution >= 0.6 is 0 Å². The van der Waals surface area contributed by atoms with Crippen molar-refractivity contribution in [2.45, 2.75) is 91.7 Å². The molecule has 0 bridgehead atoms. The zero-order chi connectivity index (χ0) is 41.4. The van der Waals surface area contributed by atoms with Crippen molar-refractivity contribution < 1.29 is 23.9 Å². The van der Waals surface area contributed by atoms with E-state index in [1.165, 1.54) is 0 Å². The largest absolute Gasteiger partial charge is 0.489 e. The quantitative estimate of drug-likeness (QED) is 0.0305. The molecule has 0 saturated heterocycles. The van der Waals surface area contributed by atoms with Gasteiger partial charge in [-0.15, -0.1) is 6.58 Å². The van der Waals surface area contributed by atoms with Gasteiger partial charge in [0.1, 0.15) is 34.9 Å². The number of nitrogens with one attached hydrogen (secondary N) is 3. The van der Waals surface area contributed by atoms with Gasteiger partial charge >= 0.3 is 0 Å². The Morgan fingerprint density at radius 3 is 2.39 bits per heavy atom. The van der Waals surface area contributed by atoms with Gasteiger partial charge in [0.2, 0.25) is 17.8 Å². The first-order valence-electron chi connectivity index (χ1n) is 19.4. The van der Waals surface area contributed by atoms with Crippen LogP contribution in [0.3, 0.4) is 0 Å². The van der Waals surface area contributed by atoms with Crippen LogP contribution in [0.25, 0.3) is 11.0 Å². The van der Waals surface area contributed by atoms with Gasteiger partial charge in [-0.05, 0) is 98.7 Å². The maximum Gasteiger partial charge on any atom is 0.276 e. The molecule has 18 heteroatoms. The smallest absolute Gasteiger partial charge is 0.276 e. The van der Waals surface area contributed by atoms with Crippen molar-refractivity contribution in [3.8, 4) is 5.75 Å². The second-order valence-corrected chi connectivity index (χ2v) is 14.3. The van der Waals surface area contributed by atoms with Crippen LogP contribution in [0.1, 0.15) is 95.7 Å². The van der Waals surface area contributed by atoms with Crippen LogP contribution in [-0.2, 0) is 17.8 Å². The molecule has 0 spiro atoms. The number of hydrogen-bond donors (Lipinski definition) is 5. The number of aryl methyl sites for hydroxylation is 4. The average Bonchev–Trinajstić information content (AvgIpc) is 3.88. The van der Waals surface area contributed by atoms with E-state index in [-0.39, 0.29) is 42.5 Å². The number of anilines is 1. The fourth-order valence-corrected chi connectivity index (χ4v) is 6.93. The van der Waals surface area contributed by atoms with E-state index in [2.05, 4.69) is 32.7 Å². The Bertz CT molecular complexity index is 2110. The maximum atomic E-state index is 13.8. The first kappa shape index (κ1) is 42.6. The number of carbonyl (C=O) groups excluding carboxylic acids is 3. The molecule has 0 saturated carbocycles. The number of hydrogen-bond acceptors (Lipinski definition) is 11. The Morgan fingerprint density at radius 2 is 1.77 bits per heavy atom. The summed E-state index contributed by atoms with van der Waals surface area (Å²) in [7, 11) is 1.89. The van der Waals surface area contributed by atoms with E-state index in [1.807, 2.05) is 58.1 Å². The second kappa shape index (κ2) is 18.6. The van der Waals surface area contributed by atoms with E-state index in [4.69, 9.17) is 30.9 Å². The molecule has 18 nitrogen and oxygen atoms in total. The van der Waals surface area contributed by atoms with Crippen LogP contribution in [0.5, 0.6) is 5.75 Å². The topological polar surface area (TPSA) is 227 Å². The summed E-state index contributed by atoms with van der Waals surface area (Å²) in [5.41, 5.74) is 15.2. The molecule has 2 unspecified atom stereocenters. The lowest BCUT2D eigenvalue weighted by molar-refractivity contribution is -0.0319. The predicted molar refractivity (Wildman–Crippen MR) is 218 cm³/mol. The molecule has 7 N–H and O–H groups in total. The van der Waals surface area contributed by atoms with Crippen molar-refractivity contribution in [3.63, 3.8) is 0 Å². The van der Waals surface area contributed by atoms with Gasteiger partial charge in [0, 0.05) is 31.8 Å². The SMILES string of the molecule is C=CC/N=C(/NC(=O)c1cc(C)nn1CC)N(CCC[C@H]1COc2cc(C(N)=O)cc3nc(NC(=O)c4cc(C)nn4CC)n1c23)C(C)(N)C(C)OCCCNC. The number of aromatic nitrogens is 6. The number of primary amides is 1. The van der Waals surface area contributed by atoms with E-state index in [0.717, 1.165) is 13.0 Å². The summed E-state index contributed by atoms with van der Waals surface area (Å²) in [6.07, 6.45) is 3.01. The summed E-state index contributed by atoms with van der Waals surface area (Å²) in [5, 5.41) is 18.0. The highest BCUT2D eigenvalue weighted by atomic mass is 16.5. The highest BCUT2D eigenvalue weighted by molar-refractivity contribution is 6.05. The molecule has 0 aliphatic carbocycles. The zero-order valence-electron chi connectivity index (χ0n) is 34.1. The molecule has 308 valence electrons. The standard InChI is InChI=1S/C39H57N13O5/c1-9-15-43-37(45-35(54)30-19-24(4)47-50(30)10-2)49(39(7,41)26(6)56-18-13-16-42-8)17-12-14-28-23-57-32-22-27(34(40)53)21-29-33(32)52(28)38(44-29)46-36(55)31-20-25(5)48-51(31)11-3/h9,19-22,26,28,42H,1,10-18,23,41H2,2-8H3,(H2,40,53)(H,43,45,54)(H,44,46,55)/t26?,28-,39?/m0/s1. The summed E-state index contributed by atoms with van der Waals surface area (Å²) < 4.78 is 17.7. The number of imidazole rings is 1. The van der Waals surface area contributed by atoms with Gasteiger partial charge in [-0.2, -0.15) is 10.2 Å². The van der Waals surface area contributed by atoms with Gasteiger partial charge in [0.15, 0.2) is 0 Å². The molecule has 1 aliphatic heterocycles. The fourth-order valence-electron chi connectivity index (χ4n) is 6.93. The number of ether oxygens (including phenoxy) is 2. The minimum Gasteiger partial charge on any atom is -0.489 e. The molecule has 3 amide bonds. The van der Waals surface area contributed by atoms with Crippen molar-refractivity contribution in [2.24, 2.45) is 16.5 Å². The molecule has 1 aliphatic rings. The molecule has 5 rings (SSSR count). The number of carbonyl (C=O) groups is 3. The van der Waals surface area contributed by atoms with Crippen LogP contribution in [0.2, 0.25) is 0 Å². The number of aliphatic imine (C=N–C) groups is 1. The summed E-state index contributed by atoms with van der Waals surface area (Å²) >= 11 is 0. The van der Waals surface area contributed by atoms with Crippen LogP contribution < -0.4 is 32.2 Å². The number of nitrogens with two attached hydrogens (primary N) is 2. The van der Waals surface area contributed by atoms with Gasteiger partial charge in [0.25, 0.3) is 11.8 Å². The Labute approximate surface area is 333 Å². The van der Waals surface area contributed by atoms with Gasteiger partial charge in [0.05, 0.1) is 35.6 Å². The van der Waals surface area contributed by atoms with Gasteiger partial charge in [-0.25, -0.2) is 9.98 Å². The predicted octanol–water partition coefficient (Wildman–Crippen LogP) is 3.11. The lowest BCUT2D eigenvalue weighted by Crippen LogP contribution is -2.66. The zero-order valence-corrected chi connectivity index (χ0v) is 34.1. The van der Waals surface area contributed by atoms with Crippen molar-refractivity contribution in [3.05, 3.63) is 65.3 Å². The third-order valence-electron chi connectivity index (χ3n) is 10.0. The second-order valence-electron chi connectivity index (χ2n) is 14.3. The van der Waals surface area contributed by atoms with Crippen molar-refractivity contribution in [1.29, 1.82) is 0 Å². The Balaban J connectivity index is 1.48. The van der Waals surface area contributed by atoms with E-state index >= 15 is 0 Å². The highest BCUT2D eigenvalue weighted by Gasteiger charge is 2.38. The Hall–Kier alpha value is -5.59. The lowest BCUT2D eigenvalue weighted by Gasteiger charge is -2.44. The first-order chi connectivity index (χ1) is 27.2. The van der Waals surface area contributed by atoms with Crippen LogP contribution in [0.4, 0.5) is 5.95 Å². The molecule has 1 aromatic carbocycles. The molecule has 4 aromatic rings. The lowest BCUT2D eigenvalue weighted by atomic mass is 10.0. The third kappa shape index (κ3) is 9.52. The van der Waals surface area contributed by atoms with E-state index in [0.29, 0.717) is 84.6 Å². The van der Waals surface area contributed by atoms with Crippen molar-refractivity contribution in [2.75, 3.05) is 45.2 Å². The van der Waals surface area contributed by atoms with Crippen molar-refractivity contribution in [1.82, 2.24) is 44.6 Å². The van der Waals surface area contributed by atoms with Crippen LogP contribution in [0.15, 0.2) is 41.9 Å². The summed E-state index contributed by atoms with van der Waals surface area (Å²) in [6.45, 7) is 18.2. The Morgan fingerprint density at radius 1 is 1.11 bits per heavy atom. The monoisotopic (exact) mass is 787 g/mol. The third-order valence-corrected chi connectivity index (χ3v) is 10.0. The van der Waals surface area contributed by atoms with Gasteiger partial charge in [-0.1, -0.05) is 6.08 Å². The minimum atomic E-state index is -1.14. The van der Waals surface area contributed by atoms with Crippen LogP contribution in [-0.4, -0.2) is 109 Å². The minimum absolute atomic E-state index is 0.217. The van der Waals surface area contributed by atoms with Gasteiger partial charge < -0.3 is 35.7 Å². The number of rotatable bonds is 19. The van der Waals surface area contributed by atoms with E-state index in [9.17, 15) is 14.4 Å². The molecule has 4 heterocycles. The molecule has 3 atom stereocenters. The summed E-state index contributed by atoms with van der Waals surface area (Å²) in [6, 6.07) is 6.34. The number of guanidine groups is 1. The molecule has 0 radical (unpaired) electrons. The Kier molecular flexibility index (Phi) is 13.9. The molecule has 57 heavy (non-hydrogen) atoms. The van der Waals surface area contributed by atoms with E-state index < -0.39 is 17.7 Å². The van der Waals surface area contributed by atoms with Crippen LogP contribution in [0, 0.1) is 13.8 Å². The summed E-state index contributed by atoms with van der Waals surface area (Å²) in [4.78, 5) is 51.1. The van der Waals surface area contributed by atoms with Crippen molar-refractivity contribution >= 4 is 40.7 Å². The molecular weight excluding hydrogens is 731 g/mol. The highest BCUT2D eigenvalue weighted by Crippen LogP contribution is 2.39. The fraction of sp³-hybridized carbons (Fsp3) is 0.513. The normalized spacial score (nSPS) is 15.5. The van der Waals surface area contributed by atoms with Gasteiger partial charge in [-0.3, -0.25) is 34.4 Å². The number of benzene rings is 1. The first-order valence-corrected chi connectivity index (χ1v) is 19.4.